The Bertz CT molecular complexity index is 666. The number of aromatic nitrogens is 2. The predicted octanol–water partition coefficient (Wildman–Crippen LogP) is 1.24. The maximum absolute atomic E-state index is 11.9. The third-order valence-electron chi connectivity index (χ3n) is 2.67. The molecule has 2 aromatic rings. The van der Waals surface area contributed by atoms with Gasteiger partial charge in [0.1, 0.15) is 5.82 Å². The first kappa shape index (κ1) is 12.7. The molecule has 2 rings (SSSR count). The first-order chi connectivity index (χ1) is 9.13. The minimum absolute atomic E-state index is 0.227. The van der Waals surface area contributed by atoms with Gasteiger partial charge in [-0.2, -0.15) is 0 Å². The molecule has 0 bridgehead atoms. The number of hydrogen-bond acceptors (Lipinski definition) is 5. The lowest BCUT2D eigenvalue weighted by molar-refractivity contribution is -0.386. The lowest BCUT2D eigenvalue weighted by Gasteiger charge is -2.09. The van der Waals surface area contributed by atoms with E-state index in [1.165, 1.54) is 22.9 Å². The van der Waals surface area contributed by atoms with Gasteiger partial charge in [-0.15, -0.1) is 0 Å². The van der Waals surface area contributed by atoms with Crippen LogP contribution in [0.4, 0.5) is 11.5 Å². The molecule has 0 aliphatic heterocycles. The monoisotopic (exact) mass is 260 g/mol. The SMILES string of the molecule is CNc1ncccc1Cn1cccc([N+](=O)[O-])c1=O. The van der Waals surface area contributed by atoms with E-state index in [1.807, 2.05) is 6.07 Å². The minimum Gasteiger partial charge on any atom is -0.373 e. The van der Waals surface area contributed by atoms with Crippen molar-refractivity contribution in [3.05, 3.63) is 62.7 Å². The van der Waals surface area contributed by atoms with Crippen LogP contribution in [0.2, 0.25) is 0 Å². The van der Waals surface area contributed by atoms with Crippen molar-refractivity contribution < 1.29 is 4.92 Å². The summed E-state index contributed by atoms with van der Waals surface area (Å²) in [6.45, 7) is 0.227. The molecule has 0 aliphatic rings. The molecule has 0 saturated carbocycles. The molecule has 0 aliphatic carbocycles. The average molecular weight is 260 g/mol. The van der Waals surface area contributed by atoms with Crippen molar-refractivity contribution in [2.75, 3.05) is 12.4 Å². The van der Waals surface area contributed by atoms with E-state index in [0.29, 0.717) is 5.82 Å². The summed E-state index contributed by atoms with van der Waals surface area (Å²) in [4.78, 5) is 26.1. The van der Waals surface area contributed by atoms with Crippen LogP contribution in [0.15, 0.2) is 41.5 Å². The van der Waals surface area contributed by atoms with Crippen molar-refractivity contribution in [3.63, 3.8) is 0 Å². The molecular weight excluding hydrogens is 248 g/mol. The second-order valence-electron chi connectivity index (χ2n) is 3.84. The standard InChI is InChI=1S/C12H12N4O3/c1-13-11-9(4-2-6-14-11)8-15-7-3-5-10(12(15)17)16(18)19/h2-7H,8H2,1H3,(H,13,14). The fourth-order valence-electron chi connectivity index (χ4n) is 1.76. The molecule has 0 radical (unpaired) electrons. The second kappa shape index (κ2) is 5.30. The molecule has 0 atom stereocenters. The van der Waals surface area contributed by atoms with E-state index >= 15 is 0 Å². The summed E-state index contributed by atoms with van der Waals surface area (Å²) in [7, 11) is 1.72. The highest BCUT2D eigenvalue weighted by atomic mass is 16.6. The maximum Gasteiger partial charge on any atom is 0.334 e. The van der Waals surface area contributed by atoms with Gasteiger partial charge < -0.3 is 9.88 Å². The van der Waals surface area contributed by atoms with Crippen LogP contribution in [-0.2, 0) is 6.54 Å². The fraction of sp³-hybridized carbons (Fsp3) is 0.167. The highest BCUT2D eigenvalue weighted by Gasteiger charge is 2.14. The topological polar surface area (TPSA) is 90.1 Å². The van der Waals surface area contributed by atoms with E-state index in [2.05, 4.69) is 10.3 Å². The van der Waals surface area contributed by atoms with Crippen LogP contribution >= 0.6 is 0 Å². The average Bonchev–Trinajstić information content (AvgIpc) is 2.41. The Morgan fingerprint density at radius 1 is 1.42 bits per heavy atom. The summed E-state index contributed by atoms with van der Waals surface area (Å²) in [6.07, 6.45) is 3.15. The van der Waals surface area contributed by atoms with Crippen LogP contribution in [0.1, 0.15) is 5.56 Å². The Kier molecular flexibility index (Phi) is 3.56. The molecule has 0 unspecified atom stereocenters. The number of nitrogens with one attached hydrogen (secondary N) is 1. The zero-order chi connectivity index (χ0) is 13.8. The molecule has 0 fully saturated rings. The molecule has 2 heterocycles. The van der Waals surface area contributed by atoms with E-state index in [4.69, 9.17) is 0 Å². The number of pyridine rings is 2. The fourth-order valence-corrected chi connectivity index (χ4v) is 1.76. The molecule has 2 aromatic heterocycles. The summed E-state index contributed by atoms with van der Waals surface area (Å²) in [5.41, 5.74) is -0.275. The van der Waals surface area contributed by atoms with Crippen molar-refractivity contribution in [2.24, 2.45) is 0 Å². The minimum atomic E-state index is -0.680. The van der Waals surface area contributed by atoms with Gasteiger partial charge in [0.25, 0.3) is 0 Å². The van der Waals surface area contributed by atoms with E-state index in [9.17, 15) is 14.9 Å². The van der Waals surface area contributed by atoms with E-state index < -0.39 is 16.2 Å². The molecule has 19 heavy (non-hydrogen) atoms. The summed E-state index contributed by atoms with van der Waals surface area (Å²) >= 11 is 0. The smallest absolute Gasteiger partial charge is 0.334 e. The van der Waals surface area contributed by atoms with Crippen LogP contribution in [0.3, 0.4) is 0 Å². The zero-order valence-electron chi connectivity index (χ0n) is 10.2. The van der Waals surface area contributed by atoms with Crippen molar-refractivity contribution in [1.29, 1.82) is 0 Å². The normalized spacial score (nSPS) is 10.2. The van der Waals surface area contributed by atoms with Crippen LogP contribution in [0.25, 0.3) is 0 Å². The van der Waals surface area contributed by atoms with Gasteiger partial charge >= 0.3 is 11.2 Å². The highest BCUT2D eigenvalue weighted by molar-refractivity contribution is 5.43. The quantitative estimate of drug-likeness (QED) is 0.659. The van der Waals surface area contributed by atoms with Crippen molar-refractivity contribution >= 4 is 11.5 Å². The Balaban J connectivity index is 2.42. The van der Waals surface area contributed by atoms with E-state index in [1.54, 1.807) is 19.3 Å². The lowest BCUT2D eigenvalue weighted by Crippen LogP contribution is -2.22. The summed E-state index contributed by atoms with van der Waals surface area (Å²) in [5.74, 6) is 0.640. The Labute approximate surface area is 108 Å². The third-order valence-corrected chi connectivity index (χ3v) is 2.67. The Morgan fingerprint density at radius 3 is 2.89 bits per heavy atom. The number of rotatable bonds is 4. The van der Waals surface area contributed by atoms with Crippen molar-refractivity contribution in [3.8, 4) is 0 Å². The number of nitro groups is 1. The second-order valence-corrected chi connectivity index (χ2v) is 3.84. The molecular formula is C12H12N4O3. The zero-order valence-corrected chi connectivity index (χ0v) is 10.2. The highest BCUT2D eigenvalue weighted by Crippen LogP contribution is 2.12. The van der Waals surface area contributed by atoms with Gasteiger partial charge in [-0.25, -0.2) is 4.98 Å². The molecule has 7 nitrogen and oxygen atoms in total. The Morgan fingerprint density at radius 2 is 2.21 bits per heavy atom. The van der Waals surface area contributed by atoms with Crippen LogP contribution < -0.4 is 10.9 Å². The van der Waals surface area contributed by atoms with Gasteiger partial charge in [0.2, 0.25) is 0 Å². The summed E-state index contributed by atoms with van der Waals surface area (Å²) < 4.78 is 1.29. The number of nitrogens with zero attached hydrogens (tertiary/aromatic N) is 3. The van der Waals surface area contributed by atoms with Crippen LogP contribution in [0.5, 0.6) is 0 Å². The van der Waals surface area contributed by atoms with E-state index in [-0.39, 0.29) is 6.54 Å². The van der Waals surface area contributed by atoms with Gasteiger partial charge in [0.05, 0.1) is 11.5 Å². The first-order valence-electron chi connectivity index (χ1n) is 5.59. The summed E-state index contributed by atoms with van der Waals surface area (Å²) in [5, 5.41) is 13.6. The summed E-state index contributed by atoms with van der Waals surface area (Å²) in [6, 6.07) is 6.23. The molecule has 1 N–H and O–H groups in total. The molecule has 0 amide bonds. The first-order valence-corrected chi connectivity index (χ1v) is 5.59. The largest absolute Gasteiger partial charge is 0.373 e. The van der Waals surface area contributed by atoms with Crippen LogP contribution in [-0.4, -0.2) is 21.5 Å². The van der Waals surface area contributed by atoms with Crippen molar-refractivity contribution in [1.82, 2.24) is 9.55 Å². The number of anilines is 1. The molecule has 0 spiro atoms. The lowest BCUT2D eigenvalue weighted by atomic mass is 10.2. The van der Waals surface area contributed by atoms with Gasteiger partial charge in [-0.3, -0.25) is 14.9 Å². The Hall–Kier alpha value is -2.70. The maximum atomic E-state index is 11.9. The molecule has 0 saturated heterocycles. The predicted molar refractivity (Wildman–Crippen MR) is 70.2 cm³/mol. The number of hydrogen-bond donors (Lipinski definition) is 1. The molecule has 98 valence electrons. The third kappa shape index (κ3) is 2.59. The van der Waals surface area contributed by atoms with E-state index in [0.717, 1.165) is 5.56 Å². The molecule has 0 aromatic carbocycles. The van der Waals surface area contributed by atoms with Gasteiger partial charge in [-0.05, 0) is 12.1 Å². The molecule has 7 heteroatoms. The van der Waals surface area contributed by atoms with Gasteiger partial charge in [0.15, 0.2) is 0 Å². The van der Waals surface area contributed by atoms with Gasteiger partial charge in [-0.1, -0.05) is 6.07 Å². The van der Waals surface area contributed by atoms with Crippen molar-refractivity contribution in [2.45, 2.75) is 6.54 Å². The van der Waals surface area contributed by atoms with Gasteiger partial charge in [0, 0.05) is 31.1 Å². The van der Waals surface area contributed by atoms with Crippen LogP contribution in [0, 0.1) is 10.1 Å².